The van der Waals surface area contributed by atoms with E-state index in [0.717, 1.165) is 35.5 Å². The number of aryl methyl sites for hydroxylation is 1. The second kappa shape index (κ2) is 12.9. The van der Waals surface area contributed by atoms with E-state index in [1.807, 2.05) is 55.5 Å². The van der Waals surface area contributed by atoms with Gasteiger partial charge in [0.1, 0.15) is 18.4 Å². The monoisotopic (exact) mass is 554 g/mol. The molecule has 4 aromatic rings. The molecule has 3 aromatic carbocycles. The summed E-state index contributed by atoms with van der Waals surface area (Å²) in [5.74, 6) is 1.76. The van der Waals surface area contributed by atoms with Crippen molar-refractivity contribution in [3.8, 4) is 5.75 Å². The molecule has 0 saturated carbocycles. The first-order chi connectivity index (χ1) is 19.5. The van der Waals surface area contributed by atoms with Gasteiger partial charge in [0.2, 0.25) is 11.1 Å². The molecule has 0 spiro atoms. The van der Waals surface area contributed by atoms with Crippen LogP contribution in [0.2, 0.25) is 0 Å². The molecule has 1 unspecified atom stereocenters. The van der Waals surface area contributed by atoms with Gasteiger partial charge >= 0.3 is 5.97 Å². The number of rotatable bonds is 11. The number of nitrogens with zero attached hydrogens (tertiary/aromatic N) is 3. The van der Waals surface area contributed by atoms with Crippen LogP contribution in [0.4, 0.5) is 5.95 Å². The molecule has 0 saturated heterocycles. The molecule has 0 aliphatic carbocycles. The zero-order chi connectivity index (χ0) is 27.9. The predicted molar refractivity (Wildman–Crippen MR) is 158 cm³/mol. The number of carbonyl (C=O) groups is 1. The Morgan fingerprint density at radius 3 is 2.52 bits per heavy atom. The lowest BCUT2D eigenvalue weighted by Crippen LogP contribution is -2.29. The minimum absolute atomic E-state index is 0.345. The Balaban J connectivity index is 1.40. The summed E-state index contributed by atoms with van der Waals surface area (Å²) in [6.07, 6.45) is 1.77. The molecule has 1 aromatic heterocycles. The Kier molecular flexibility index (Phi) is 8.86. The fourth-order valence-corrected chi connectivity index (χ4v) is 5.37. The summed E-state index contributed by atoms with van der Waals surface area (Å²) in [5.41, 5.74) is 5.66. The molecule has 0 radical (unpaired) electrons. The second-order valence-corrected chi connectivity index (χ2v) is 10.8. The number of benzene rings is 3. The number of fused-ring (bicyclic) bond motifs is 1. The van der Waals surface area contributed by atoms with Crippen LogP contribution in [0, 0.1) is 6.92 Å². The van der Waals surface area contributed by atoms with Gasteiger partial charge in [-0.3, -0.25) is 0 Å². The van der Waals surface area contributed by atoms with Crippen molar-refractivity contribution in [1.82, 2.24) is 14.8 Å². The average Bonchev–Trinajstić information content (AvgIpc) is 3.37. The van der Waals surface area contributed by atoms with Crippen molar-refractivity contribution in [2.75, 3.05) is 11.9 Å². The number of hydrogen-bond donors (Lipinski definition) is 1. The highest BCUT2D eigenvalue weighted by molar-refractivity contribution is 7.98. The Morgan fingerprint density at radius 1 is 1.00 bits per heavy atom. The van der Waals surface area contributed by atoms with E-state index < -0.39 is 6.04 Å². The molecule has 1 aliphatic heterocycles. The first-order valence-electron chi connectivity index (χ1n) is 13.6. The van der Waals surface area contributed by atoms with Crippen molar-refractivity contribution in [1.29, 1.82) is 0 Å². The molecule has 1 aliphatic rings. The van der Waals surface area contributed by atoms with Gasteiger partial charge in [-0.15, -0.1) is 5.10 Å². The third kappa shape index (κ3) is 6.57. The number of hydrogen-bond acceptors (Lipinski definition) is 7. The lowest BCUT2D eigenvalue weighted by atomic mass is 9.96. The van der Waals surface area contributed by atoms with E-state index in [2.05, 4.69) is 49.5 Å². The number of nitrogens with one attached hydrogen (secondary N) is 1. The van der Waals surface area contributed by atoms with E-state index in [1.54, 1.807) is 16.4 Å². The highest BCUT2D eigenvalue weighted by Gasteiger charge is 2.35. The summed E-state index contributed by atoms with van der Waals surface area (Å²) >= 11 is 1.56. The maximum atomic E-state index is 13.3. The first kappa shape index (κ1) is 27.5. The molecular formula is C32H34N4O3S. The van der Waals surface area contributed by atoms with E-state index in [4.69, 9.17) is 19.6 Å². The van der Waals surface area contributed by atoms with Crippen LogP contribution >= 0.6 is 11.8 Å². The maximum absolute atomic E-state index is 13.3. The van der Waals surface area contributed by atoms with Crippen molar-refractivity contribution in [2.24, 2.45) is 0 Å². The van der Waals surface area contributed by atoms with Gasteiger partial charge in [0.15, 0.2) is 0 Å². The molecule has 0 fully saturated rings. The molecule has 7 nitrogen and oxygen atoms in total. The Labute approximate surface area is 239 Å². The van der Waals surface area contributed by atoms with Crippen LogP contribution in [0.1, 0.15) is 55.0 Å². The topological polar surface area (TPSA) is 78.3 Å². The molecule has 5 rings (SSSR count). The van der Waals surface area contributed by atoms with Crippen molar-refractivity contribution in [3.05, 3.63) is 112 Å². The zero-order valence-electron chi connectivity index (χ0n) is 23.1. The number of aromatic nitrogens is 3. The molecule has 1 N–H and O–H groups in total. The highest BCUT2D eigenvalue weighted by atomic mass is 32.2. The Bertz CT molecular complexity index is 1480. The third-order valence-corrected chi connectivity index (χ3v) is 7.59. The van der Waals surface area contributed by atoms with Crippen LogP contribution in [0.5, 0.6) is 5.75 Å². The lowest BCUT2D eigenvalue weighted by Gasteiger charge is -2.28. The summed E-state index contributed by atoms with van der Waals surface area (Å²) in [7, 11) is 0. The van der Waals surface area contributed by atoms with Crippen LogP contribution in [-0.2, 0) is 21.9 Å². The van der Waals surface area contributed by atoms with Crippen LogP contribution in [0.25, 0.3) is 0 Å². The van der Waals surface area contributed by atoms with Gasteiger partial charge in [0.05, 0.1) is 12.2 Å². The summed E-state index contributed by atoms with van der Waals surface area (Å²) < 4.78 is 13.5. The molecule has 1 atom stereocenters. The molecule has 2 heterocycles. The smallest absolute Gasteiger partial charge is 0.338 e. The molecule has 40 heavy (non-hydrogen) atoms. The summed E-state index contributed by atoms with van der Waals surface area (Å²) in [6.45, 7) is 6.90. The Morgan fingerprint density at radius 2 is 1.77 bits per heavy atom. The minimum atomic E-state index is -0.477. The van der Waals surface area contributed by atoms with E-state index in [1.165, 1.54) is 11.1 Å². The van der Waals surface area contributed by atoms with Gasteiger partial charge in [0.25, 0.3) is 0 Å². The standard InChI is InChI=1S/C32H34N4O3S/c1-4-5-18-38-30(37)28-23(3)33-31-34-32(40-21-24-11-7-6-8-12-24)35-36(31)29(28)26-14-16-27(17-15-26)39-20-25-13-9-10-22(2)19-25/h6-17,19,29H,4-5,18,20-21H2,1-3H3,(H,33,34,35). The predicted octanol–water partition coefficient (Wildman–Crippen LogP) is 7.09. The molecule has 0 amide bonds. The molecule has 0 bridgehead atoms. The van der Waals surface area contributed by atoms with E-state index in [0.29, 0.717) is 35.6 Å². The van der Waals surface area contributed by atoms with E-state index >= 15 is 0 Å². The fourth-order valence-electron chi connectivity index (χ4n) is 4.59. The normalized spacial score (nSPS) is 14.4. The first-order valence-corrected chi connectivity index (χ1v) is 14.6. The second-order valence-electron chi connectivity index (χ2n) is 9.84. The van der Waals surface area contributed by atoms with Crippen LogP contribution in [0.3, 0.4) is 0 Å². The quantitative estimate of drug-likeness (QED) is 0.120. The minimum Gasteiger partial charge on any atom is -0.489 e. The van der Waals surface area contributed by atoms with E-state index in [-0.39, 0.29) is 5.97 Å². The van der Waals surface area contributed by atoms with Crippen molar-refractivity contribution >= 4 is 23.7 Å². The fraction of sp³-hybridized carbons (Fsp3) is 0.281. The van der Waals surface area contributed by atoms with Crippen LogP contribution in [0.15, 0.2) is 95.3 Å². The van der Waals surface area contributed by atoms with Crippen LogP contribution < -0.4 is 10.1 Å². The summed E-state index contributed by atoms with van der Waals surface area (Å²) in [6, 6.07) is 25.9. The van der Waals surface area contributed by atoms with Crippen molar-refractivity contribution in [2.45, 2.75) is 57.2 Å². The van der Waals surface area contributed by atoms with Gasteiger partial charge in [-0.2, -0.15) is 4.98 Å². The van der Waals surface area contributed by atoms with Crippen LogP contribution in [-0.4, -0.2) is 27.3 Å². The number of anilines is 1. The number of allylic oxidation sites excluding steroid dienone is 1. The van der Waals surface area contributed by atoms with E-state index in [9.17, 15) is 4.79 Å². The van der Waals surface area contributed by atoms with Crippen molar-refractivity contribution < 1.29 is 14.3 Å². The highest BCUT2D eigenvalue weighted by Crippen LogP contribution is 2.37. The number of carbonyl (C=O) groups excluding carboxylic acids is 1. The van der Waals surface area contributed by atoms with Gasteiger partial charge in [-0.25, -0.2) is 9.48 Å². The number of ether oxygens (including phenoxy) is 2. The summed E-state index contributed by atoms with van der Waals surface area (Å²) in [4.78, 5) is 18.1. The number of thioether (sulfide) groups is 1. The molecule has 8 heteroatoms. The zero-order valence-corrected chi connectivity index (χ0v) is 23.9. The molecular weight excluding hydrogens is 520 g/mol. The number of esters is 1. The Hall–Kier alpha value is -4.04. The van der Waals surface area contributed by atoms with Crippen molar-refractivity contribution in [3.63, 3.8) is 0 Å². The van der Waals surface area contributed by atoms with Gasteiger partial charge < -0.3 is 14.8 Å². The van der Waals surface area contributed by atoms with Gasteiger partial charge in [-0.1, -0.05) is 97.4 Å². The number of unbranched alkanes of at least 4 members (excludes halogenated alkanes) is 1. The van der Waals surface area contributed by atoms with Gasteiger partial charge in [-0.05, 0) is 49.1 Å². The lowest BCUT2D eigenvalue weighted by molar-refractivity contribution is -0.139. The maximum Gasteiger partial charge on any atom is 0.338 e. The SMILES string of the molecule is CCCCOC(=O)C1=C(C)Nc2nc(SCc3ccccc3)nn2C1c1ccc(OCc2cccc(C)c2)cc1. The summed E-state index contributed by atoms with van der Waals surface area (Å²) in [5, 5.41) is 8.75. The van der Waals surface area contributed by atoms with Gasteiger partial charge in [0, 0.05) is 11.4 Å². The average molecular weight is 555 g/mol. The largest absolute Gasteiger partial charge is 0.489 e. The third-order valence-electron chi connectivity index (χ3n) is 6.68. The molecule has 206 valence electrons.